The molecular formula is C15H21NO7. The predicted octanol–water partition coefficient (Wildman–Crippen LogP) is 1.64. The van der Waals surface area contributed by atoms with Crippen molar-refractivity contribution >= 4 is 11.9 Å². The highest BCUT2D eigenvalue weighted by Crippen LogP contribution is 2.06. The molecule has 1 unspecified atom stereocenters. The second-order valence-corrected chi connectivity index (χ2v) is 5.19. The molecule has 0 N–H and O–H groups in total. The summed E-state index contributed by atoms with van der Waals surface area (Å²) in [5.41, 5.74) is 0.286. The Morgan fingerprint density at radius 2 is 2.00 bits per heavy atom. The second-order valence-electron chi connectivity index (χ2n) is 5.19. The number of aromatic nitrogens is 1. The summed E-state index contributed by atoms with van der Waals surface area (Å²) in [6, 6.07) is 0. The lowest BCUT2D eigenvalue weighted by molar-refractivity contribution is -0.152. The van der Waals surface area contributed by atoms with E-state index < -0.39 is 23.7 Å². The molecule has 0 saturated carbocycles. The molecular weight excluding hydrogens is 306 g/mol. The van der Waals surface area contributed by atoms with Crippen molar-refractivity contribution in [2.45, 2.75) is 39.5 Å². The molecule has 0 aliphatic carbocycles. The van der Waals surface area contributed by atoms with Crippen molar-refractivity contribution in [3.8, 4) is 0 Å². The van der Waals surface area contributed by atoms with Crippen molar-refractivity contribution in [3.63, 3.8) is 0 Å². The Hall–Kier alpha value is -2.38. The third kappa shape index (κ3) is 7.44. The minimum atomic E-state index is -0.810. The maximum Gasteiger partial charge on any atom is 0.542 e. The first-order chi connectivity index (χ1) is 10.9. The van der Waals surface area contributed by atoms with Gasteiger partial charge in [-0.2, -0.15) is 0 Å². The van der Waals surface area contributed by atoms with Crippen molar-refractivity contribution in [1.82, 2.24) is 5.16 Å². The molecule has 1 atom stereocenters. The lowest BCUT2D eigenvalue weighted by Gasteiger charge is -2.11. The fourth-order valence-electron chi connectivity index (χ4n) is 1.58. The molecule has 23 heavy (non-hydrogen) atoms. The van der Waals surface area contributed by atoms with Gasteiger partial charge in [0.2, 0.25) is 5.89 Å². The van der Waals surface area contributed by atoms with Crippen LogP contribution in [0, 0.1) is 5.92 Å². The number of nitrogens with zero attached hydrogens (tertiary/aromatic N) is 1. The van der Waals surface area contributed by atoms with Crippen LogP contribution in [0.2, 0.25) is 0 Å². The van der Waals surface area contributed by atoms with E-state index in [0.29, 0.717) is 12.8 Å². The molecule has 1 heterocycles. The van der Waals surface area contributed by atoms with Gasteiger partial charge in [0.15, 0.2) is 0 Å². The van der Waals surface area contributed by atoms with E-state index in [1.807, 2.05) is 0 Å². The third-order valence-electron chi connectivity index (χ3n) is 2.92. The number of rotatable bonds is 10. The van der Waals surface area contributed by atoms with Gasteiger partial charge in [-0.25, -0.2) is 9.59 Å². The summed E-state index contributed by atoms with van der Waals surface area (Å²) in [6.07, 6.45) is 2.68. The number of hydrogen-bond donors (Lipinski definition) is 0. The molecule has 0 aromatic carbocycles. The van der Waals surface area contributed by atoms with E-state index in [4.69, 9.17) is 9.47 Å². The number of hydrogen-bond acceptors (Lipinski definition) is 8. The summed E-state index contributed by atoms with van der Waals surface area (Å²) >= 11 is 0. The Kier molecular flexibility index (Phi) is 7.79. The van der Waals surface area contributed by atoms with Gasteiger partial charge < -0.3 is 13.9 Å². The Morgan fingerprint density at radius 1 is 1.26 bits per heavy atom. The summed E-state index contributed by atoms with van der Waals surface area (Å²) in [5.74, 6) is -2.01. The quantitative estimate of drug-likeness (QED) is 0.362. The Balaban J connectivity index is 2.07. The van der Waals surface area contributed by atoms with Crippen LogP contribution in [0.25, 0.3) is 0 Å². The fourth-order valence-corrected chi connectivity index (χ4v) is 1.58. The zero-order chi connectivity index (χ0) is 17.2. The molecule has 0 saturated heterocycles. The molecule has 0 aliphatic heterocycles. The normalized spacial score (nSPS) is 11.7. The third-order valence-corrected chi connectivity index (χ3v) is 2.92. The molecule has 1 aromatic rings. The monoisotopic (exact) mass is 327 g/mol. The van der Waals surface area contributed by atoms with E-state index in [1.165, 1.54) is 6.92 Å². The van der Waals surface area contributed by atoms with Gasteiger partial charge in [-0.05, 0) is 38.3 Å². The van der Waals surface area contributed by atoms with Gasteiger partial charge >= 0.3 is 17.8 Å². The van der Waals surface area contributed by atoms with Crippen molar-refractivity contribution in [3.05, 3.63) is 28.7 Å². The van der Waals surface area contributed by atoms with Crippen LogP contribution in [0.3, 0.4) is 0 Å². The summed E-state index contributed by atoms with van der Waals surface area (Å²) in [5, 5.41) is 3.44. The van der Waals surface area contributed by atoms with E-state index in [0.717, 1.165) is 12.8 Å². The van der Waals surface area contributed by atoms with Gasteiger partial charge in [-0.15, -0.1) is 0 Å². The minimum Gasteiger partial charge on any atom is -0.465 e. The Morgan fingerprint density at radius 3 is 2.61 bits per heavy atom. The van der Waals surface area contributed by atoms with E-state index in [1.54, 1.807) is 6.92 Å². The average Bonchev–Trinajstić information content (AvgIpc) is 2.92. The number of ether oxygens (including phenoxy) is 2. The van der Waals surface area contributed by atoms with Crippen LogP contribution in [-0.2, 0) is 25.5 Å². The molecule has 0 amide bonds. The highest BCUT2D eigenvalue weighted by Gasteiger charge is 2.17. The minimum absolute atomic E-state index is 0.0320. The molecule has 8 nitrogen and oxygen atoms in total. The van der Waals surface area contributed by atoms with Crippen molar-refractivity contribution in [1.29, 1.82) is 0 Å². The second kappa shape index (κ2) is 9.60. The van der Waals surface area contributed by atoms with Gasteiger partial charge in [0, 0.05) is 12.0 Å². The topological polar surface area (TPSA) is 109 Å². The molecule has 128 valence electrons. The van der Waals surface area contributed by atoms with Crippen molar-refractivity contribution < 1.29 is 28.0 Å². The highest BCUT2D eigenvalue weighted by molar-refractivity contribution is 5.87. The first kappa shape index (κ1) is 18.7. The summed E-state index contributed by atoms with van der Waals surface area (Å²) in [4.78, 5) is 33.5. The highest BCUT2D eigenvalue weighted by atomic mass is 16.6. The molecule has 0 bridgehead atoms. The Bertz CT molecular complexity index is 587. The van der Waals surface area contributed by atoms with E-state index in [-0.39, 0.29) is 24.7 Å². The van der Waals surface area contributed by atoms with Crippen molar-refractivity contribution in [2.75, 3.05) is 13.2 Å². The zero-order valence-corrected chi connectivity index (χ0v) is 13.3. The van der Waals surface area contributed by atoms with Crippen LogP contribution in [0.15, 0.2) is 25.9 Å². The molecule has 0 radical (unpaired) electrons. The summed E-state index contributed by atoms with van der Waals surface area (Å²) in [7, 11) is 0. The molecule has 8 heteroatoms. The van der Waals surface area contributed by atoms with Crippen LogP contribution in [0.4, 0.5) is 0 Å². The zero-order valence-electron chi connectivity index (χ0n) is 13.3. The predicted molar refractivity (Wildman–Crippen MR) is 78.5 cm³/mol. The molecule has 0 fully saturated rings. The smallest absolute Gasteiger partial charge is 0.465 e. The van der Waals surface area contributed by atoms with E-state index in [2.05, 4.69) is 20.7 Å². The largest absolute Gasteiger partial charge is 0.542 e. The van der Waals surface area contributed by atoms with Gasteiger partial charge in [0.25, 0.3) is 0 Å². The lowest BCUT2D eigenvalue weighted by Crippen LogP contribution is -2.22. The standard InChI is InChI=1S/C15H21NO7/c1-10(2)13(17)21-9-11(3)14(18)20-8-6-4-5-7-12-16-23-15(19)22-12/h11H,1,4-9H2,2-3H3. The number of esters is 2. The van der Waals surface area contributed by atoms with Gasteiger partial charge in [-0.3, -0.25) is 9.32 Å². The maximum absolute atomic E-state index is 11.7. The van der Waals surface area contributed by atoms with Crippen LogP contribution < -0.4 is 5.82 Å². The van der Waals surface area contributed by atoms with Gasteiger partial charge in [0.1, 0.15) is 6.61 Å². The van der Waals surface area contributed by atoms with Crippen LogP contribution in [0.1, 0.15) is 39.0 Å². The number of aryl methyl sites for hydroxylation is 1. The van der Waals surface area contributed by atoms with Crippen molar-refractivity contribution in [2.24, 2.45) is 5.92 Å². The molecule has 1 rings (SSSR count). The Labute approximate surface area is 133 Å². The van der Waals surface area contributed by atoms with Crippen LogP contribution in [0.5, 0.6) is 0 Å². The van der Waals surface area contributed by atoms with E-state index >= 15 is 0 Å². The SMILES string of the molecule is C=C(C)C(=O)OCC(C)C(=O)OCCCCCc1noc(=O)o1. The van der Waals surface area contributed by atoms with Crippen LogP contribution in [-0.4, -0.2) is 30.3 Å². The van der Waals surface area contributed by atoms with Gasteiger partial charge in [0.05, 0.1) is 12.5 Å². The first-order valence-electron chi connectivity index (χ1n) is 7.35. The summed E-state index contributed by atoms with van der Waals surface area (Å²) < 4.78 is 18.9. The van der Waals surface area contributed by atoms with Gasteiger partial charge in [-0.1, -0.05) is 6.58 Å². The molecule has 1 aromatic heterocycles. The maximum atomic E-state index is 11.7. The number of carbonyl (C=O) groups is 2. The number of carbonyl (C=O) groups excluding carboxylic acids is 2. The summed E-state index contributed by atoms with van der Waals surface area (Å²) in [6.45, 7) is 6.86. The average molecular weight is 327 g/mol. The molecule has 0 aliphatic rings. The molecule has 0 spiro atoms. The van der Waals surface area contributed by atoms with Crippen LogP contribution >= 0.6 is 0 Å². The van der Waals surface area contributed by atoms with E-state index in [9.17, 15) is 14.4 Å². The first-order valence-corrected chi connectivity index (χ1v) is 7.35. The lowest BCUT2D eigenvalue weighted by atomic mass is 10.2. The fraction of sp³-hybridized carbons (Fsp3) is 0.600. The number of unbranched alkanes of at least 4 members (excludes halogenated alkanes) is 2.